The second kappa shape index (κ2) is 5.90. The van der Waals surface area contributed by atoms with Crippen molar-refractivity contribution in [1.82, 2.24) is 5.32 Å². The van der Waals surface area contributed by atoms with Gasteiger partial charge in [0.05, 0.1) is 7.11 Å². The molecule has 1 N–H and O–H groups in total. The molecule has 2 heteroatoms. The molecule has 0 unspecified atom stereocenters. The summed E-state index contributed by atoms with van der Waals surface area (Å²) in [7, 11) is 1.76. The third-order valence-corrected chi connectivity index (χ3v) is 4.42. The maximum Gasteiger partial charge on any atom is 0.122 e. The first-order chi connectivity index (χ1) is 10.2. The Balaban J connectivity index is 1.83. The van der Waals surface area contributed by atoms with E-state index in [9.17, 15) is 0 Å². The van der Waals surface area contributed by atoms with E-state index < -0.39 is 0 Å². The molecule has 1 aliphatic heterocycles. The Hall–Kier alpha value is -1.80. The van der Waals surface area contributed by atoms with E-state index in [4.69, 9.17) is 4.74 Å². The third kappa shape index (κ3) is 3.11. The van der Waals surface area contributed by atoms with Crippen molar-refractivity contribution in [3.63, 3.8) is 0 Å². The minimum Gasteiger partial charge on any atom is -0.496 e. The van der Waals surface area contributed by atoms with Gasteiger partial charge in [-0.25, -0.2) is 0 Å². The number of hydrogen-bond donors (Lipinski definition) is 1. The van der Waals surface area contributed by atoms with Crippen molar-refractivity contribution < 1.29 is 4.74 Å². The molecule has 1 saturated heterocycles. The summed E-state index contributed by atoms with van der Waals surface area (Å²) in [6.45, 7) is 4.31. The molecular formula is C19H23NO. The van der Waals surface area contributed by atoms with Crippen LogP contribution in [0.25, 0.3) is 0 Å². The van der Waals surface area contributed by atoms with Gasteiger partial charge < -0.3 is 10.1 Å². The summed E-state index contributed by atoms with van der Waals surface area (Å²) in [5.41, 5.74) is 4.37. The van der Waals surface area contributed by atoms with Gasteiger partial charge >= 0.3 is 0 Å². The van der Waals surface area contributed by atoms with Gasteiger partial charge in [-0.15, -0.1) is 0 Å². The maximum atomic E-state index is 5.54. The van der Waals surface area contributed by atoms with Crippen LogP contribution in [0.15, 0.2) is 48.5 Å². The molecule has 0 spiro atoms. The fraction of sp³-hybridized carbons (Fsp3) is 0.368. The van der Waals surface area contributed by atoms with Crippen LogP contribution in [0.2, 0.25) is 0 Å². The molecule has 0 bridgehead atoms. The zero-order valence-corrected chi connectivity index (χ0v) is 12.9. The van der Waals surface area contributed by atoms with Crippen molar-refractivity contribution in [2.45, 2.75) is 19.8 Å². The minimum absolute atomic E-state index is 0.322. The summed E-state index contributed by atoms with van der Waals surface area (Å²) in [5, 5.41) is 3.45. The molecule has 1 aliphatic rings. The number of benzene rings is 2. The summed E-state index contributed by atoms with van der Waals surface area (Å²) in [4.78, 5) is 0. The molecular weight excluding hydrogens is 258 g/mol. The molecule has 110 valence electrons. The van der Waals surface area contributed by atoms with E-state index in [1.807, 2.05) is 0 Å². The highest BCUT2D eigenvalue weighted by Crippen LogP contribution is 2.35. The van der Waals surface area contributed by atoms with E-state index in [1.54, 1.807) is 7.11 Å². The van der Waals surface area contributed by atoms with Crippen LogP contribution in [0, 0.1) is 12.3 Å². The van der Waals surface area contributed by atoms with Gasteiger partial charge in [-0.2, -0.15) is 0 Å². The first-order valence-corrected chi connectivity index (χ1v) is 7.59. The number of hydrogen-bond acceptors (Lipinski definition) is 2. The number of methoxy groups -OCH3 is 1. The highest BCUT2D eigenvalue weighted by atomic mass is 16.5. The molecule has 1 heterocycles. The lowest BCUT2D eigenvalue weighted by atomic mass is 9.72. The highest BCUT2D eigenvalue weighted by Gasteiger charge is 2.37. The van der Waals surface area contributed by atoms with Gasteiger partial charge in [-0.3, -0.25) is 0 Å². The van der Waals surface area contributed by atoms with Crippen molar-refractivity contribution in [2.75, 3.05) is 20.2 Å². The number of aryl methyl sites for hydroxylation is 1. The molecule has 0 aromatic heterocycles. The van der Waals surface area contributed by atoms with Crippen molar-refractivity contribution in [3.05, 3.63) is 65.2 Å². The standard InChI is InChI=1S/C19H23NO/c1-15-8-9-18(21-2)17(10-15)12-19(13-20-14-19)11-16-6-4-3-5-7-16/h3-10,20H,11-14H2,1-2H3. The number of ether oxygens (including phenoxy) is 1. The Morgan fingerprint density at radius 2 is 1.81 bits per heavy atom. The van der Waals surface area contributed by atoms with E-state index in [-0.39, 0.29) is 0 Å². The van der Waals surface area contributed by atoms with Crippen LogP contribution in [-0.4, -0.2) is 20.2 Å². The van der Waals surface area contributed by atoms with Crippen molar-refractivity contribution >= 4 is 0 Å². The minimum atomic E-state index is 0.322. The fourth-order valence-electron chi connectivity index (χ4n) is 3.27. The van der Waals surface area contributed by atoms with Crippen LogP contribution in [0.5, 0.6) is 5.75 Å². The molecule has 0 atom stereocenters. The van der Waals surface area contributed by atoms with E-state index >= 15 is 0 Å². The van der Waals surface area contributed by atoms with E-state index in [1.165, 1.54) is 16.7 Å². The monoisotopic (exact) mass is 281 g/mol. The number of rotatable bonds is 5. The molecule has 21 heavy (non-hydrogen) atoms. The Labute approximate surface area is 127 Å². The summed E-state index contributed by atoms with van der Waals surface area (Å²) in [6, 6.07) is 17.3. The molecule has 2 aromatic rings. The number of nitrogens with one attached hydrogen (secondary N) is 1. The van der Waals surface area contributed by atoms with Gasteiger partial charge in [0, 0.05) is 18.5 Å². The van der Waals surface area contributed by atoms with Gasteiger partial charge in [0.1, 0.15) is 5.75 Å². The van der Waals surface area contributed by atoms with Crippen LogP contribution in [0.3, 0.4) is 0 Å². The summed E-state index contributed by atoms with van der Waals surface area (Å²) in [6.07, 6.45) is 2.19. The molecule has 1 fully saturated rings. The average Bonchev–Trinajstić information content (AvgIpc) is 2.46. The zero-order chi connectivity index (χ0) is 14.7. The van der Waals surface area contributed by atoms with Crippen LogP contribution in [-0.2, 0) is 12.8 Å². The average molecular weight is 281 g/mol. The van der Waals surface area contributed by atoms with Crippen molar-refractivity contribution in [1.29, 1.82) is 0 Å². The molecule has 0 aliphatic carbocycles. The summed E-state index contributed by atoms with van der Waals surface area (Å²) < 4.78 is 5.54. The normalized spacial score (nSPS) is 16.3. The Morgan fingerprint density at radius 1 is 1.05 bits per heavy atom. The van der Waals surface area contributed by atoms with Gasteiger partial charge in [0.15, 0.2) is 0 Å². The van der Waals surface area contributed by atoms with Gasteiger partial charge in [-0.1, -0.05) is 48.0 Å². The van der Waals surface area contributed by atoms with Crippen molar-refractivity contribution in [3.8, 4) is 5.75 Å². The highest BCUT2D eigenvalue weighted by molar-refractivity contribution is 5.38. The lowest BCUT2D eigenvalue weighted by molar-refractivity contribution is 0.165. The van der Waals surface area contributed by atoms with E-state index in [0.717, 1.165) is 31.7 Å². The topological polar surface area (TPSA) is 21.3 Å². The van der Waals surface area contributed by atoms with Crippen molar-refractivity contribution in [2.24, 2.45) is 5.41 Å². The zero-order valence-electron chi connectivity index (χ0n) is 12.9. The predicted octanol–water partition coefficient (Wildman–Crippen LogP) is 3.38. The summed E-state index contributed by atoms with van der Waals surface area (Å²) in [5.74, 6) is 1.01. The Morgan fingerprint density at radius 3 is 2.43 bits per heavy atom. The molecule has 2 nitrogen and oxygen atoms in total. The van der Waals surface area contributed by atoms with Gasteiger partial charge in [0.25, 0.3) is 0 Å². The maximum absolute atomic E-state index is 5.54. The van der Waals surface area contributed by atoms with Crippen LogP contribution in [0.1, 0.15) is 16.7 Å². The Kier molecular flexibility index (Phi) is 3.98. The second-order valence-corrected chi connectivity index (χ2v) is 6.26. The van der Waals surface area contributed by atoms with Crippen LogP contribution < -0.4 is 10.1 Å². The molecule has 3 rings (SSSR count). The SMILES string of the molecule is COc1ccc(C)cc1CC1(Cc2ccccc2)CNC1. The lowest BCUT2D eigenvalue weighted by Gasteiger charge is -2.43. The largest absolute Gasteiger partial charge is 0.496 e. The van der Waals surface area contributed by atoms with Crippen LogP contribution >= 0.6 is 0 Å². The van der Waals surface area contributed by atoms with E-state index in [2.05, 4.69) is 60.8 Å². The van der Waals surface area contributed by atoms with Gasteiger partial charge in [0.2, 0.25) is 0 Å². The van der Waals surface area contributed by atoms with Crippen LogP contribution in [0.4, 0.5) is 0 Å². The first-order valence-electron chi connectivity index (χ1n) is 7.59. The second-order valence-electron chi connectivity index (χ2n) is 6.26. The smallest absolute Gasteiger partial charge is 0.122 e. The fourth-order valence-corrected chi connectivity index (χ4v) is 3.27. The quantitative estimate of drug-likeness (QED) is 0.907. The third-order valence-electron chi connectivity index (χ3n) is 4.42. The van der Waals surface area contributed by atoms with E-state index in [0.29, 0.717) is 5.41 Å². The van der Waals surface area contributed by atoms with Gasteiger partial charge in [-0.05, 0) is 37.0 Å². The molecule has 0 amide bonds. The molecule has 2 aromatic carbocycles. The molecule has 0 radical (unpaired) electrons. The molecule has 0 saturated carbocycles. The summed E-state index contributed by atoms with van der Waals surface area (Å²) >= 11 is 0. The lowest BCUT2D eigenvalue weighted by Crippen LogP contribution is -2.56. The predicted molar refractivity (Wildman–Crippen MR) is 86.9 cm³/mol. The first kappa shape index (κ1) is 14.2. The Bertz CT molecular complexity index is 602.